The van der Waals surface area contributed by atoms with Crippen LogP contribution in [0.15, 0.2) is 18.3 Å². The van der Waals surface area contributed by atoms with Crippen LogP contribution in [-0.4, -0.2) is 10.2 Å². The molecule has 1 aromatic rings. The largest absolute Gasteiger partial charge is 0.352 e. The predicted octanol–water partition coefficient (Wildman–Crippen LogP) is -0.782. The van der Waals surface area contributed by atoms with E-state index in [0.29, 0.717) is 6.54 Å². The fraction of sp³-hybridized carbons (Fsp3) is 0.200. The van der Waals surface area contributed by atoms with Crippen LogP contribution in [0.2, 0.25) is 0 Å². The van der Waals surface area contributed by atoms with E-state index in [1.807, 2.05) is 12.1 Å². The molecular formula is C5H8N3+. The second-order valence-corrected chi connectivity index (χ2v) is 1.46. The van der Waals surface area contributed by atoms with Crippen LogP contribution in [0.25, 0.3) is 0 Å². The Morgan fingerprint density at radius 3 is 2.88 bits per heavy atom. The number of rotatable bonds is 1. The predicted molar refractivity (Wildman–Crippen MR) is 28.6 cm³/mol. The van der Waals surface area contributed by atoms with E-state index in [1.165, 1.54) is 0 Å². The molecule has 3 N–H and O–H groups in total. The number of hydrogen-bond donors (Lipinski definition) is 1. The highest BCUT2D eigenvalue weighted by molar-refractivity contribution is 4.96. The van der Waals surface area contributed by atoms with Crippen molar-refractivity contribution in [2.24, 2.45) is 0 Å². The van der Waals surface area contributed by atoms with Crippen molar-refractivity contribution < 1.29 is 5.73 Å². The van der Waals surface area contributed by atoms with Crippen molar-refractivity contribution in [3.63, 3.8) is 0 Å². The first kappa shape index (κ1) is 5.18. The number of hydrogen-bond acceptors (Lipinski definition) is 2. The van der Waals surface area contributed by atoms with Gasteiger partial charge in [0.1, 0.15) is 12.2 Å². The second-order valence-electron chi connectivity index (χ2n) is 1.46. The van der Waals surface area contributed by atoms with Crippen molar-refractivity contribution in [3.05, 3.63) is 24.0 Å². The molecule has 0 radical (unpaired) electrons. The van der Waals surface area contributed by atoms with Gasteiger partial charge in [0.2, 0.25) is 0 Å². The molecule has 0 bridgehead atoms. The van der Waals surface area contributed by atoms with Crippen LogP contribution in [0.3, 0.4) is 0 Å². The molecule has 0 aliphatic rings. The zero-order chi connectivity index (χ0) is 5.82. The van der Waals surface area contributed by atoms with E-state index in [2.05, 4.69) is 15.9 Å². The third-order valence-corrected chi connectivity index (χ3v) is 0.884. The first-order valence-corrected chi connectivity index (χ1v) is 2.49. The van der Waals surface area contributed by atoms with E-state index in [-0.39, 0.29) is 0 Å². The Hall–Kier alpha value is -0.960. The van der Waals surface area contributed by atoms with E-state index in [9.17, 15) is 0 Å². The zero-order valence-electron chi connectivity index (χ0n) is 4.54. The van der Waals surface area contributed by atoms with E-state index in [1.54, 1.807) is 6.20 Å². The van der Waals surface area contributed by atoms with Gasteiger partial charge in [0, 0.05) is 6.20 Å². The van der Waals surface area contributed by atoms with Gasteiger partial charge in [-0.2, -0.15) is 5.10 Å². The first-order chi connectivity index (χ1) is 3.93. The van der Waals surface area contributed by atoms with Crippen LogP contribution >= 0.6 is 0 Å². The lowest BCUT2D eigenvalue weighted by molar-refractivity contribution is -0.387. The third-order valence-electron chi connectivity index (χ3n) is 0.884. The van der Waals surface area contributed by atoms with Crippen molar-refractivity contribution in [1.82, 2.24) is 10.2 Å². The summed E-state index contributed by atoms with van der Waals surface area (Å²) < 4.78 is 0. The monoisotopic (exact) mass is 110 g/mol. The highest BCUT2D eigenvalue weighted by atomic mass is 15.1. The van der Waals surface area contributed by atoms with Gasteiger partial charge in [-0.25, -0.2) is 0 Å². The molecule has 0 saturated carbocycles. The summed E-state index contributed by atoms with van der Waals surface area (Å²) in [5.41, 5.74) is 4.59. The fourth-order valence-electron chi connectivity index (χ4n) is 0.467. The third kappa shape index (κ3) is 1.01. The molecular weight excluding hydrogens is 102 g/mol. The van der Waals surface area contributed by atoms with E-state index >= 15 is 0 Å². The summed E-state index contributed by atoms with van der Waals surface area (Å²) in [5.74, 6) is 0. The molecule has 0 amide bonds. The molecule has 0 atom stereocenters. The molecule has 1 rings (SSSR count). The zero-order valence-corrected chi connectivity index (χ0v) is 4.54. The minimum atomic E-state index is 0.716. The Balaban J connectivity index is 2.83. The maximum absolute atomic E-state index is 3.78. The molecule has 8 heavy (non-hydrogen) atoms. The standard InChI is InChI=1S/C5H7N3/c6-4-5-2-1-3-7-8-5/h1-3H,4,6H2/p+1. The van der Waals surface area contributed by atoms with E-state index in [4.69, 9.17) is 0 Å². The molecule has 0 fully saturated rings. The summed E-state index contributed by atoms with van der Waals surface area (Å²) in [7, 11) is 0. The Kier molecular flexibility index (Phi) is 1.54. The lowest BCUT2D eigenvalue weighted by atomic mass is 10.4. The summed E-state index contributed by atoms with van der Waals surface area (Å²) in [6.07, 6.45) is 1.65. The molecule has 3 nitrogen and oxygen atoms in total. The Morgan fingerprint density at radius 1 is 1.62 bits per heavy atom. The Morgan fingerprint density at radius 2 is 2.50 bits per heavy atom. The summed E-state index contributed by atoms with van der Waals surface area (Å²) >= 11 is 0. The van der Waals surface area contributed by atoms with E-state index in [0.717, 1.165) is 5.69 Å². The van der Waals surface area contributed by atoms with Crippen molar-refractivity contribution in [3.8, 4) is 0 Å². The van der Waals surface area contributed by atoms with Gasteiger partial charge >= 0.3 is 0 Å². The smallest absolute Gasteiger partial charge is 0.119 e. The molecule has 0 aliphatic heterocycles. The Labute approximate surface area is 47.5 Å². The van der Waals surface area contributed by atoms with Gasteiger partial charge in [-0.1, -0.05) is 0 Å². The van der Waals surface area contributed by atoms with Crippen molar-refractivity contribution in [2.45, 2.75) is 6.54 Å². The maximum atomic E-state index is 3.78. The van der Waals surface area contributed by atoms with Crippen LogP contribution in [0.5, 0.6) is 0 Å². The van der Waals surface area contributed by atoms with Gasteiger partial charge in [-0.15, -0.1) is 5.10 Å². The highest BCUT2D eigenvalue weighted by Gasteiger charge is 1.86. The number of quaternary nitrogens is 1. The van der Waals surface area contributed by atoms with Gasteiger partial charge in [-0.05, 0) is 12.1 Å². The topological polar surface area (TPSA) is 53.4 Å². The molecule has 0 aromatic carbocycles. The molecule has 42 valence electrons. The molecule has 0 aliphatic carbocycles. The van der Waals surface area contributed by atoms with Gasteiger partial charge in [0.05, 0.1) is 0 Å². The van der Waals surface area contributed by atoms with E-state index < -0.39 is 0 Å². The van der Waals surface area contributed by atoms with Crippen LogP contribution in [0, 0.1) is 0 Å². The molecule has 0 unspecified atom stereocenters. The first-order valence-electron chi connectivity index (χ1n) is 2.49. The average molecular weight is 110 g/mol. The van der Waals surface area contributed by atoms with Crippen LogP contribution < -0.4 is 5.73 Å². The van der Waals surface area contributed by atoms with Gasteiger partial charge < -0.3 is 5.73 Å². The fourth-order valence-corrected chi connectivity index (χ4v) is 0.467. The maximum Gasteiger partial charge on any atom is 0.119 e. The quantitative estimate of drug-likeness (QED) is 0.515. The molecule has 0 saturated heterocycles. The molecule has 0 spiro atoms. The summed E-state index contributed by atoms with van der Waals surface area (Å²) in [6.45, 7) is 0.716. The van der Waals surface area contributed by atoms with Crippen LogP contribution in [0.4, 0.5) is 0 Å². The number of aromatic nitrogens is 2. The second kappa shape index (κ2) is 2.37. The van der Waals surface area contributed by atoms with Crippen LogP contribution in [0.1, 0.15) is 5.69 Å². The van der Waals surface area contributed by atoms with Crippen molar-refractivity contribution in [2.75, 3.05) is 0 Å². The van der Waals surface area contributed by atoms with Crippen molar-refractivity contribution in [1.29, 1.82) is 0 Å². The van der Waals surface area contributed by atoms with Gasteiger partial charge in [0.25, 0.3) is 0 Å². The average Bonchev–Trinajstić information content (AvgIpc) is 1.90. The molecule has 1 heterocycles. The lowest BCUT2D eigenvalue weighted by Crippen LogP contribution is -2.47. The number of nitrogens with zero attached hydrogens (tertiary/aromatic N) is 2. The van der Waals surface area contributed by atoms with Crippen LogP contribution in [-0.2, 0) is 6.54 Å². The van der Waals surface area contributed by atoms with Gasteiger partial charge in [0.15, 0.2) is 0 Å². The van der Waals surface area contributed by atoms with Gasteiger partial charge in [-0.3, -0.25) is 0 Å². The SMILES string of the molecule is [NH3+]Cc1cccnn1. The highest BCUT2D eigenvalue weighted by Crippen LogP contribution is 1.84. The lowest BCUT2D eigenvalue weighted by Gasteiger charge is -1.85. The summed E-state index contributed by atoms with van der Waals surface area (Å²) in [4.78, 5) is 0. The normalized spacial score (nSPS) is 9.12. The summed E-state index contributed by atoms with van der Waals surface area (Å²) in [5, 5.41) is 7.45. The minimum Gasteiger partial charge on any atom is -0.352 e. The minimum absolute atomic E-state index is 0.716. The summed E-state index contributed by atoms with van der Waals surface area (Å²) in [6, 6.07) is 3.76. The Bertz CT molecular complexity index is 149. The molecule has 1 aromatic heterocycles. The molecule has 3 heteroatoms. The van der Waals surface area contributed by atoms with Crippen molar-refractivity contribution >= 4 is 0 Å².